The van der Waals surface area contributed by atoms with Crippen LogP contribution in [0.2, 0.25) is 0 Å². The van der Waals surface area contributed by atoms with E-state index in [-0.39, 0.29) is 0 Å². The third kappa shape index (κ3) is 1.05. The van der Waals surface area contributed by atoms with Crippen molar-refractivity contribution in [2.45, 2.75) is 18.8 Å². The van der Waals surface area contributed by atoms with Gasteiger partial charge in [0.25, 0.3) is 0 Å². The molecule has 2 fully saturated rings. The van der Waals surface area contributed by atoms with Crippen LogP contribution in [0, 0.1) is 12.8 Å². The van der Waals surface area contributed by atoms with E-state index in [1.807, 2.05) is 0 Å². The average Bonchev–Trinajstić information content (AvgIpc) is 2.71. The van der Waals surface area contributed by atoms with Crippen molar-refractivity contribution < 1.29 is 0 Å². The van der Waals surface area contributed by atoms with E-state index in [1.54, 1.807) is 5.56 Å². The SMILES string of the molecule is Cc1ccc(C23C[C@@H]2CN(C)C3)cc1. The number of piperidine rings is 1. The Labute approximate surface area is 85.7 Å². The lowest BCUT2D eigenvalue weighted by atomic mass is 9.94. The third-order valence-electron chi connectivity index (χ3n) is 3.94. The summed E-state index contributed by atoms with van der Waals surface area (Å²) in [5, 5.41) is 0. The summed E-state index contributed by atoms with van der Waals surface area (Å²) in [6.07, 6.45) is 1.42. The van der Waals surface area contributed by atoms with Gasteiger partial charge >= 0.3 is 0 Å². The molecule has 1 aromatic carbocycles. The van der Waals surface area contributed by atoms with Gasteiger partial charge in [-0.25, -0.2) is 0 Å². The quantitative estimate of drug-likeness (QED) is 0.651. The number of hydrogen-bond donors (Lipinski definition) is 0. The van der Waals surface area contributed by atoms with Crippen molar-refractivity contribution in [1.29, 1.82) is 0 Å². The first-order chi connectivity index (χ1) is 6.71. The van der Waals surface area contributed by atoms with E-state index in [4.69, 9.17) is 0 Å². The van der Waals surface area contributed by atoms with E-state index in [2.05, 4.69) is 43.1 Å². The van der Waals surface area contributed by atoms with Crippen LogP contribution >= 0.6 is 0 Å². The van der Waals surface area contributed by atoms with Crippen LogP contribution in [0.5, 0.6) is 0 Å². The molecule has 1 saturated heterocycles. The van der Waals surface area contributed by atoms with Crippen molar-refractivity contribution in [3.05, 3.63) is 35.4 Å². The molecule has 0 aromatic heterocycles. The van der Waals surface area contributed by atoms with Crippen LogP contribution < -0.4 is 0 Å². The molecule has 1 heteroatoms. The second-order valence-corrected chi connectivity index (χ2v) is 5.12. The number of likely N-dealkylation sites (N-methyl/N-ethyl adjacent to an activating group) is 1. The fourth-order valence-electron chi connectivity index (χ4n) is 3.07. The molecule has 1 saturated carbocycles. The van der Waals surface area contributed by atoms with Gasteiger partial charge in [0, 0.05) is 18.5 Å². The molecule has 0 amide bonds. The molecular formula is C13H17N. The van der Waals surface area contributed by atoms with E-state index in [1.165, 1.54) is 25.1 Å². The highest BCUT2D eigenvalue weighted by atomic mass is 15.2. The second kappa shape index (κ2) is 2.60. The average molecular weight is 187 g/mol. The number of benzene rings is 1. The molecule has 1 nitrogen and oxygen atoms in total. The van der Waals surface area contributed by atoms with Crippen LogP contribution in [0.15, 0.2) is 24.3 Å². The van der Waals surface area contributed by atoms with Crippen LogP contribution in [-0.4, -0.2) is 25.0 Å². The Hall–Kier alpha value is -0.820. The van der Waals surface area contributed by atoms with Gasteiger partial charge in [0.1, 0.15) is 0 Å². The van der Waals surface area contributed by atoms with Crippen LogP contribution in [0.1, 0.15) is 17.5 Å². The summed E-state index contributed by atoms with van der Waals surface area (Å²) in [6.45, 7) is 4.72. The van der Waals surface area contributed by atoms with Gasteiger partial charge in [0.2, 0.25) is 0 Å². The molecule has 14 heavy (non-hydrogen) atoms. The summed E-state index contributed by atoms with van der Waals surface area (Å²) < 4.78 is 0. The van der Waals surface area contributed by atoms with Gasteiger partial charge in [0.15, 0.2) is 0 Å². The molecule has 1 aliphatic heterocycles. The smallest absolute Gasteiger partial charge is 0.0124 e. The number of aryl methyl sites for hydroxylation is 1. The summed E-state index contributed by atoms with van der Waals surface area (Å²) in [4.78, 5) is 2.47. The van der Waals surface area contributed by atoms with Gasteiger partial charge in [-0.2, -0.15) is 0 Å². The molecule has 74 valence electrons. The standard InChI is InChI=1S/C13H17N/c1-10-3-5-11(6-4-10)13-7-12(13)8-14(2)9-13/h3-6,12H,7-9H2,1-2H3/t12-,13?/m1/s1. The zero-order chi connectivity index (χ0) is 9.76. The molecule has 0 N–H and O–H groups in total. The van der Waals surface area contributed by atoms with Crippen LogP contribution in [0.4, 0.5) is 0 Å². The number of fused-ring (bicyclic) bond motifs is 1. The first kappa shape index (κ1) is 8.49. The van der Waals surface area contributed by atoms with Gasteiger partial charge in [-0.05, 0) is 31.9 Å². The van der Waals surface area contributed by atoms with Crippen molar-refractivity contribution in [3.63, 3.8) is 0 Å². The van der Waals surface area contributed by atoms with Gasteiger partial charge in [-0.1, -0.05) is 29.8 Å². The molecule has 0 radical (unpaired) electrons. The topological polar surface area (TPSA) is 3.24 Å². The Kier molecular flexibility index (Phi) is 1.58. The Morgan fingerprint density at radius 1 is 1.29 bits per heavy atom. The Bertz CT molecular complexity index is 354. The minimum Gasteiger partial charge on any atom is -0.305 e. The predicted octanol–water partition coefficient (Wildman–Crippen LogP) is 2.20. The van der Waals surface area contributed by atoms with Crippen LogP contribution in [-0.2, 0) is 5.41 Å². The number of hydrogen-bond acceptors (Lipinski definition) is 1. The molecule has 2 atom stereocenters. The van der Waals surface area contributed by atoms with Crippen LogP contribution in [0.25, 0.3) is 0 Å². The maximum absolute atomic E-state index is 2.47. The van der Waals surface area contributed by atoms with E-state index in [0.29, 0.717) is 5.41 Å². The molecule has 1 aromatic rings. The summed E-state index contributed by atoms with van der Waals surface area (Å²) >= 11 is 0. The molecule has 0 spiro atoms. The minimum atomic E-state index is 0.544. The first-order valence-electron chi connectivity index (χ1n) is 5.46. The van der Waals surface area contributed by atoms with Crippen molar-refractivity contribution >= 4 is 0 Å². The lowest BCUT2D eigenvalue weighted by molar-refractivity contribution is 0.363. The van der Waals surface area contributed by atoms with E-state index in [0.717, 1.165) is 5.92 Å². The van der Waals surface area contributed by atoms with Gasteiger partial charge in [0.05, 0.1) is 0 Å². The molecule has 2 aliphatic rings. The van der Waals surface area contributed by atoms with Crippen LogP contribution in [0.3, 0.4) is 0 Å². The maximum Gasteiger partial charge on any atom is 0.0124 e. The van der Waals surface area contributed by atoms with E-state index < -0.39 is 0 Å². The summed E-state index contributed by atoms with van der Waals surface area (Å²) in [5.41, 5.74) is 3.48. The van der Waals surface area contributed by atoms with Crippen molar-refractivity contribution in [3.8, 4) is 0 Å². The fraction of sp³-hybridized carbons (Fsp3) is 0.538. The lowest BCUT2D eigenvalue weighted by Gasteiger charge is -2.16. The second-order valence-electron chi connectivity index (χ2n) is 5.12. The normalized spacial score (nSPS) is 35.7. The number of rotatable bonds is 1. The number of nitrogens with zero attached hydrogens (tertiary/aromatic N) is 1. The monoisotopic (exact) mass is 187 g/mol. The van der Waals surface area contributed by atoms with Gasteiger partial charge in [-0.3, -0.25) is 0 Å². The highest BCUT2D eigenvalue weighted by molar-refractivity contribution is 5.38. The zero-order valence-corrected chi connectivity index (χ0v) is 8.96. The van der Waals surface area contributed by atoms with Gasteiger partial charge in [-0.15, -0.1) is 0 Å². The lowest BCUT2D eigenvalue weighted by Crippen LogP contribution is -2.22. The predicted molar refractivity (Wildman–Crippen MR) is 58.5 cm³/mol. The Morgan fingerprint density at radius 3 is 2.57 bits per heavy atom. The molecular weight excluding hydrogens is 170 g/mol. The number of likely N-dealkylation sites (tertiary alicyclic amines) is 1. The van der Waals surface area contributed by atoms with E-state index >= 15 is 0 Å². The highest BCUT2D eigenvalue weighted by Gasteiger charge is 2.59. The van der Waals surface area contributed by atoms with Gasteiger partial charge < -0.3 is 4.90 Å². The Balaban J connectivity index is 1.93. The molecule has 1 aliphatic carbocycles. The van der Waals surface area contributed by atoms with Crippen molar-refractivity contribution in [2.75, 3.05) is 20.1 Å². The fourth-order valence-corrected chi connectivity index (χ4v) is 3.07. The summed E-state index contributed by atoms with van der Waals surface area (Å²) in [5.74, 6) is 0.940. The van der Waals surface area contributed by atoms with Crippen molar-refractivity contribution in [1.82, 2.24) is 4.90 Å². The molecule has 0 bridgehead atoms. The maximum atomic E-state index is 2.47. The molecule has 1 heterocycles. The van der Waals surface area contributed by atoms with E-state index in [9.17, 15) is 0 Å². The third-order valence-corrected chi connectivity index (χ3v) is 3.94. The molecule has 3 rings (SSSR count). The summed E-state index contributed by atoms with van der Waals surface area (Å²) in [6, 6.07) is 9.15. The Morgan fingerprint density at radius 2 is 2.00 bits per heavy atom. The minimum absolute atomic E-state index is 0.544. The first-order valence-corrected chi connectivity index (χ1v) is 5.46. The summed E-state index contributed by atoms with van der Waals surface area (Å²) in [7, 11) is 2.24. The zero-order valence-electron chi connectivity index (χ0n) is 8.96. The molecule has 1 unspecified atom stereocenters. The highest BCUT2D eigenvalue weighted by Crippen LogP contribution is 2.58. The van der Waals surface area contributed by atoms with Crippen molar-refractivity contribution in [2.24, 2.45) is 5.92 Å². The largest absolute Gasteiger partial charge is 0.305 e.